The third-order valence-corrected chi connectivity index (χ3v) is 2.01. The van der Waals surface area contributed by atoms with Crippen molar-refractivity contribution in [2.45, 2.75) is 13.5 Å². The van der Waals surface area contributed by atoms with Crippen molar-refractivity contribution < 1.29 is 9.59 Å². The third-order valence-electron chi connectivity index (χ3n) is 2.01. The van der Waals surface area contributed by atoms with Gasteiger partial charge in [-0.15, -0.1) is 0 Å². The molecular formula is C11H13N2O2. The van der Waals surface area contributed by atoms with Gasteiger partial charge in [-0.3, -0.25) is 9.59 Å². The van der Waals surface area contributed by atoms with E-state index in [1.165, 1.54) is 6.92 Å². The Morgan fingerprint density at radius 2 is 1.87 bits per heavy atom. The summed E-state index contributed by atoms with van der Waals surface area (Å²) in [5.74, 6) is -1.10. The van der Waals surface area contributed by atoms with Crippen LogP contribution in [0.2, 0.25) is 0 Å². The lowest BCUT2D eigenvalue weighted by Gasteiger charge is -2.07. The molecule has 0 fully saturated rings. The van der Waals surface area contributed by atoms with Crippen LogP contribution in [0.4, 0.5) is 0 Å². The predicted molar refractivity (Wildman–Crippen MR) is 56.4 cm³/mol. The maximum absolute atomic E-state index is 11.3. The van der Waals surface area contributed by atoms with Gasteiger partial charge in [0.15, 0.2) is 0 Å². The van der Waals surface area contributed by atoms with Gasteiger partial charge in [0.2, 0.25) is 11.8 Å². The highest BCUT2D eigenvalue weighted by molar-refractivity contribution is 6.13. The maximum atomic E-state index is 11.3. The monoisotopic (exact) mass is 205 g/mol. The highest BCUT2D eigenvalue weighted by atomic mass is 16.2. The van der Waals surface area contributed by atoms with Crippen molar-refractivity contribution in [1.29, 1.82) is 0 Å². The molecule has 0 aliphatic carbocycles. The van der Waals surface area contributed by atoms with Gasteiger partial charge in [0.25, 0.3) is 0 Å². The molecule has 79 valence electrons. The minimum Gasteiger partial charge on any atom is -0.369 e. The average molecular weight is 205 g/mol. The molecule has 0 aliphatic rings. The molecular weight excluding hydrogens is 192 g/mol. The molecule has 1 aromatic rings. The first-order valence-corrected chi connectivity index (χ1v) is 4.56. The summed E-state index contributed by atoms with van der Waals surface area (Å²) in [4.78, 5) is 22.0. The molecule has 15 heavy (non-hydrogen) atoms. The summed E-state index contributed by atoms with van der Waals surface area (Å²) in [6.07, 6.45) is 0. The zero-order valence-electron chi connectivity index (χ0n) is 8.49. The minimum atomic E-state index is -0.694. The zero-order valence-corrected chi connectivity index (χ0v) is 8.49. The molecule has 4 nitrogen and oxygen atoms in total. The van der Waals surface area contributed by atoms with Crippen molar-refractivity contribution >= 4 is 11.8 Å². The van der Waals surface area contributed by atoms with E-state index in [1.807, 2.05) is 30.3 Å². The fraction of sp³-hybridized carbons (Fsp3) is 0.182. The van der Waals surface area contributed by atoms with Gasteiger partial charge in [-0.25, -0.2) is 0 Å². The number of benzene rings is 1. The lowest BCUT2D eigenvalue weighted by Crippen LogP contribution is -2.35. The smallest absolute Gasteiger partial charge is 0.237 e. The lowest BCUT2D eigenvalue weighted by atomic mass is 10.1. The van der Waals surface area contributed by atoms with Crippen molar-refractivity contribution in [2.75, 3.05) is 0 Å². The van der Waals surface area contributed by atoms with Crippen LogP contribution in [-0.2, 0) is 16.1 Å². The van der Waals surface area contributed by atoms with E-state index in [-0.39, 0.29) is 5.92 Å². The fourth-order valence-electron chi connectivity index (χ4n) is 1.02. The number of amides is 2. The summed E-state index contributed by atoms with van der Waals surface area (Å²) in [7, 11) is 0. The van der Waals surface area contributed by atoms with E-state index >= 15 is 0 Å². The molecule has 2 amide bonds. The predicted octanol–water partition coefficient (Wildman–Crippen LogP) is 0.382. The summed E-state index contributed by atoms with van der Waals surface area (Å²) in [5, 5.41) is 2.60. The van der Waals surface area contributed by atoms with Crippen molar-refractivity contribution in [3.8, 4) is 0 Å². The molecule has 0 aliphatic heterocycles. The van der Waals surface area contributed by atoms with Gasteiger partial charge in [-0.1, -0.05) is 30.3 Å². The Hall–Kier alpha value is -1.84. The van der Waals surface area contributed by atoms with Crippen LogP contribution < -0.4 is 11.1 Å². The summed E-state index contributed by atoms with van der Waals surface area (Å²) in [5.41, 5.74) is 5.94. The zero-order chi connectivity index (χ0) is 11.3. The molecule has 0 unspecified atom stereocenters. The quantitative estimate of drug-likeness (QED) is 0.697. The molecule has 0 spiro atoms. The number of carbonyl (C=O) groups excluding carboxylic acids is 2. The first kappa shape index (κ1) is 11.2. The lowest BCUT2D eigenvalue weighted by molar-refractivity contribution is -0.125. The van der Waals surface area contributed by atoms with Crippen LogP contribution in [0.1, 0.15) is 12.5 Å². The largest absolute Gasteiger partial charge is 0.369 e. The van der Waals surface area contributed by atoms with E-state index in [0.717, 1.165) is 5.56 Å². The Kier molecular flexibility index (Phi) is 3.85. The average Bonchev–Trinajstić information content (AvgIpc) is 2.26. The highest BCUT2D eigenvalue weighted by Gasteiger charge is 2.18. The summed E-state index contributed by atoms with van der Waals surface area (Å²) >= 11 is 0. The number of nitrogens with one attached hydrogen (secondary N) is 1. The van der Waals surface area contributed by atoms with Crippen molar-refractivity contribution in [3.63, 3.8) is 0 Å². The first-order valence-electron chi connectivity index (χ1n) is 4.56. The third kappa shape index (κ3) is 3.42. The molecule has 4 heteroatoms. The van der Waals surface area contributed by atoms with Crippen LogP contribution >= 0.6 is 0 Å². The van der Waals surface area contributed by atoms with E-state index in [2.05, 4.69) is 5.32 Å². The van der Waals surface area contributed by atoms with E-state index in [4.69, 9.17) is 5.73 Å². The van der Waals surface area contributed by atoms with Crippen LogP contribution in [0, 0.1) is 5.92 Å². The van der Waals surface area contributed by atoms with Crippen LogP contribution in [0.15, 0.2) is 30.3 Å². The number of rotatable bonds is 4. The van der Waals surface area contributed by atoms with Crippen LogP contribution in [-0.4, -0.2) is 11.8 Å². The van der Waals surface area contributed by atoms with Gasteiger partial charge in [0, 0.05) is 6.54 Å². The molecule has 0 bridgehead atoms. The molecule has 0 atom stereocenters. The minimum absolute atomic E-state index is 0.0194. The Balaban J connectivity index is 2.44. The topological polar surface area (TPSA) is 72.2 Å². The van der Waals surface area contributed by atoms with Gasteiger partial charge in [0.1, 0.15) is 5.92 Å². The second-order valence-corrected chi connectivity index (χ2v) is 3.16. The van der Waals surface area contributed by atoms with Gasteiger partial charge >= 0.3 is 0 Å². The summed E-state index contributed by atoms with van der Waals surface area (Å²) in [6.45, 7) is 1.80. The standard InChI is InChI=1S/C11H13N2O2/c1-8(10(12)14)11(15)13-7-9-5-3-2-4-6-9/h2-6H,7H2,1H3,(H2,12,14)(H,13,15). The summed E-state index contributed by atoms with van der Waals surface area (Å²) < 4.78 is 0. The highest BCUT2D eigenvalue weighted by Crippen LogP contribution is 2.00. The molecule has 0 saturated carbocycles. The molecule has 3 N–H and O–H groups in total. The van der Waals surface area contributed by atoms with Gasteiger partial charge < -0.3 is 11.1 Å². The van der Waals surface area contributed by atoms with E-state index in [9.17, 15) is 9.59 Å². The van der Waals surface area contributed by atoms with E-state index < -0.39 is 11.8 Å². The second-order valence-electron chi connectivity index (χ2n) is 3.16. The van der Waals surface area contributed by atoms with E-state index in [0.29, 0.717) is 6.54 Å². The number of hydrogen-bond acceptors (Lipinski definition) is 2. The molecule has 1 aromatic carbocycles. The van der Waals surface area contributed by atoms with Crippen molar-refractivity contribution in [2.24, 2.45) is 5.73 Å². The Morgan fingerprint density at radius 1 is 1.27 bits per heavy atom. The molecule has 1 rings (SSSR count). The van der Waals surface area contributed by atoms with Crippen molar-refractivity contribution in [3.05, 3.63) is 41.8 Å². The normalized spacial score (nSPS) is 10.0. The first-order chi connectivity index (χ1) is 7.11. The number of carbonyl (C=O) groups is 2. The second kappa shape index (κ2) is 5.14. The van der Waals surface area contributed by atoms with E-state index in [1.54, 1.807) is 0 Å². The van der Waals surface area contributed by atoms with Gasteiger partial charge in [-0.05, 0) is 12.5 Å². The molecule has 0 aromatic heterocycles. The maximum Gasteiger partial charge on any atom is 0.237 e. The van der Waals surface area contributed by atoms with Gasteiger partial charge in [-0.2, -0.15) is 0 Å². The van der Waals surface area contributed by atoms with Crippen LogP contribution in [0.5, 0.6) is 0 Å². The van der Waals surface area contributed by atoms with Crippen molar-refractivity contribution in [1.82, 2.24) is 5.32 Å². The van der Waals surface area contributed by atoms with Crippen LogP contribution in [0.25, 0.3) is 0 Å². The molecule has 0 saturated heterocycles. The fourth-order valence-corrected chi connectivity index (χ4v) is 1.02. The number of nitrogens with two attached hydrogens (primary N) is 1. The molecule has 0 heterocycles. The Labute approximate surface area is 88.5 Å². The number of primary amides is 1. The summed E-state index contributed by atoms with van der Waals surface area (Å²) in [6, 6.07) is 9.43. The number of hydrogen-bond donors (Lipinski definition) is 2. The molecule has 1 radical (unpaired) electrons. The SMILES string of the molecule is C[C](C(N)=O)C(=O)NCc1ccccc1. The van der Waals surface area contributed by atoms with Gasteiger partial charge in [0.05, 0.1) is 0 Å². The Bertz CT molecular complexity index is 349. The Morgan fingerprint density at radius 3 is 2.40 bits per heavy atom. The van der Waals surface area contributed by atoms with Crippen LogP contribution in [0.3, 0.4) is 0 Å².